The summed E-state index contributed by atoms with van der Waals surface area (Å²) in [5, 5.41) is 44.6. The van der Waals surface area contributed by atoms with Gasteiger partial charge in [0.15, 0.2) is 0 Å². The highest BCUT2D eigenvalue weighted by atomic mass is 35.5. The molecular formula is C53H56Cl2N6O11. The number of hydrogen-bond donors (Lipinski definition) is 7. The van der Waals surface area contributed by atoms with Gasteiger partial charge in [0.2, 0.25) is 5.91 Å². The Morgan fingerprint density at radius 3 is 1.54 bits per heavy atom. The fourth-order valence-electron chi connectivity index (χ4n) is 7.67. The Morgan fingerprint density at radius 2 is 1.10 bits per heavy atom. The van der Waals surface area contributed by atoms with Crippen LogP contribution in [-0.2, 0) is 49.1 Å². The standard InChI is InChI=1S/C53H56Cl2N6O11/c1-31-36(29-71-49-18-47(69-27-34-14-33(20-57-3)21-58-22-34)38(16-43(49)54)25-60-45(10-12-62)52(65)66)6-4-8-41(31)42-9-5-7-37(32(42)2)30-72-50-19-48(70-28-35-15-40(51(56)64)24-59-23-35)39(17-44(50)55)26-61-46(11-13-63)53(67)68/h4-9,14-24,45-46,60-63H,10-13,25-30H2,1-3H3,(H2,56,64)(H,65,66)(H,67,68)/b57-20+/t45?,46-/m0/s1. The number of hydrogen-bond acceptors (Lipinski definition) is 14. The van der Waals surface area contributed by atoms with Crippen LogP contribution in [0.15, 0.2) is 103 Å². The smallest absolute Gasteiger partial charge is 0.320 e. The number of carbonyl (C=O) groups is 3. The Hall–Kier alpha value is -7.12. The third-order valence-corrected chi connectivity index (χ3v) is 12.2. The molecule has 378 valence electrons. The van der Waals surface area contributed by atoms with Crippen molar-refractivity contribution in [2.45, 2.75) is 78.3 Å². The van der Waals surface area contributed by atoms with Gasteiger partial charge in [0.05, 0.1) is 15.6 Å². The highest BCUT2D eigenvalue weighted by molar-refractivity contribution is 6.32. The first kappa shape index (κ1) is 54.2. The lowest BCUT2D eigenvalue weighted by Gasteiger charge is -2.20. The van der Waals surface area contributed by atoms with Crippen molar-refractivity contribution in [3.05, 3.63) is 163 Å². The molecule has 0 aliphatic rings. The molecule has 72 heavy (non-hydrogen) atoms. The molecule has 0 spiro atoms. The lowest BCUT2D eigenvalue weighted by atomic mass is 9.92. The zero-order valence-corrected chi connectivity index (χ0v) is 41.4. The molecule has 6 rings (SSSR count). The number of nitrogens with two attached hydrogens (primary N) is 1. The first-order chi connectivity index (χ1) is 34.7. The summed E-state index contributed by atoms with van der Waals surface area (Å²) < 4.78 is 25.2. The normalized spacial score (nSPS) is 12.1. The van der Waals surface area contributed by atoms with E-state index in [1.807, 2.05) is 56.3 Å². The van der Waals surface area contributed by atoms with E-state index in [-0.39, 0.29) is 81.2 Å². The fraction of sp³-hybridized carbons (Fsp3) is 0.283. The van der Waals surface area contributed by atoms with Crippen LogP contribution in [0.3, 0.4) is 0 Å². The molecule has 0 aliphatic carbocycles. The number of halogens is 2. The van der Waals surface area contributed by atoms with E-state index in [1.165, 1.54) is 12.4 Å². The van der Waals surface area contributed by atoms with Crippen LogP contribution in [0.25, 0.3) is 11.1 Å². The maximum absolute atomic E-state index is 11.8. The first-order valence-corrected chi connectivity index (χ1v) is 23.5. The molecule has 1 unspecified atom stereocenters. The first-order valence-electron chi connectivity index (χ1n) is 22.8. The zero-order valence-electron chi connectivity index (χ0n) is 39.9. The average molecular weight is 1020 g/mol. The average Bonchev–Trinajstić information content (AvgIpc) is 3.36. The zero-order chi connectivity index (χ0) is 51.7. The third kappa shape index (κ3) is 14.7. The largest absolute Gasteiger partial charge is 0.488 e. The van der Waals surface area contributed by atoms with Crippen molar-refractivity contribution in [3.8, 4) is 34.1 Å². The van der Waals surface area contributed by atoms with Crippen LogP contribution in [0.4, 0.5) is 0 Å². The molecule has 0 radical (unpaired) electrons. The van der Waals surface area contributed by atoms with E-state index in [2.05, 4.69) is 25.6 Å². The van der Waals surface area contributed by atoms with Crippen LogP contribution < -0.4 is 35.3 Å². The molecule has 0 fully saturated rings. The number of aliphatic imine (C=N–C) groups is 1. The monoisotopic (exact) mass is 1020 g/mol. The summed E-state index contributed by atoms with van der Waals surface area (Å²) >= 11 is 13.6. The Morgan fingerprint density at radius 1 is 0.639 bits per heavy atom. The summed E-state index contributed by atoms with van der Waals surface area (Å²) in [6.45, 7) is 3.91. The van der Waals surface area contributed by atoms with Gasteiger partial charge >= 0.3 is 11.9 Å². The summed E-state index contributed by atoms with van der Waals surface area (Å²) in [6.07, 6.45) is 7.94. The molecule has 17 nitrogen and oxygen atoms in total. The molecule has 0 bridgehead atoms. The van der Waals surface area contributed by atoms with Crippen LogP contribution in [0, 0.1) is 13.8 Å². The SMILES string of the molecule is C/N=C/c1cncc(COc2cc(OCc3cccc(-c4cccc(COc5cc(OCc6cncc(C(N)=O)c6)c(CN[C@@H](CCO)C(=O)O)cc5Cl)c4C)c3C)c(Cl)cc2CNC(CCO)C(=O)O)c1. The lowest BCUT2D eigenvalue weighted by molar-refractivity contribution is -0.140. The van der Waals surface area contributed by atoms with Crippen molar-refractivity contribution in [1.82, 2.24) is 20.6 Å². The van der Waals surface area contributed by atoms with E-state index in [4.69, 9.17) is 47.9 Å². The molecule has 1 amide bonds. The van der Waals surface area contributed by atoms with Crippen LogP contribution >= 0.6 is 23.2 Å². The number of amides is 1. The van der Waals surface area contributed by atoms with Gasteiger partial charge < -0.3 is 55.7 Å². The number of carboxylic acids is 2. The number of nitrogens with one attached hydrogen (secondary N) is 2. The van der Waals surface area contributed by atoms with E-state index < -0.39 is 29.9 Å². The second-order valence-corrected chi connectivity index (χ2v) is 17.5. The summed E-state index contributed by atoms with van der Waals surface area (Å²) in [5.41, 5.74) is 14.5. The number of carbonyl (C=O) groups excluding carboxylic acids is 1. The van der Waals surface area contributed by atoms with Crippen molar-refractivity contribution in [3.63, 3.8) is 0 Å². The van der Waals surface area contributed by atoms with Crippen LogP contribution in [-0.4, -0.2) is 86.8 Å². The minimum atomic E-state index is -1.12. The molecule has 4 aromatic carbocycles. The van der Waals surface area contributed by atoms with Gasteiger partial charge in [0, 0.05) is 104 Å². The number of aliphatic hydroxyl groups is 2. The number of pyridine rings is 2. The van der Waals surface area contributed by atoms with E-state index in [0.29, 0.717) is 39.7 Å². The number of carboxylic acid groups (broad SMARTS) is 2. The van der Waals surface area contributed by atoms with Crippen LogP contribution in [0.2, 0.25) is 10.0 Å². The predicted octanol–water partition coefficient (Wildman–Crippen LogP) is 7.38. The molecule has 2 atom stereocenters. The quantitative estimate of drug-likeness (QED) is 0.0248. The maximum atomic E-state index is 11.8. The van der Waals surface area contributed by atoms with Gasteiger partial charge in [-0.15, -0.1) is 0 Å². The number of nitrogens with zero attached hydrogens (tertiary/aromatic N) is 3. The van der Waals surface area contributed by atoms with Gasteiger partial charge in [-0.05, 0) is 84.3 Å². The van der Waals surface area contributed by atoms with Gasteiger partial charge in [0.1, 0.15) is 61.5 Å². The van der Waals surface area contributed by atoms with E-state index >= 15 is 0 Å². The lowest BCUT2D eigenvalue weighted by Crippen LogP contribution is -2.37. The highest BCUT2D eigenvalue weighted by Gasteiger charge is 2.21. The minimum Gasteiger partial charge on any atom is -0.488 e. The summed E-state index contributed by atoms with van der Waals surface area (Å²) in [5.74, 6) is -1.46. The minimum absolute atomic E-state index is 0.00893. The summed E-state index contributed by atoms with van der Waals surface area (Å²) in [7, 11) is 1.67. The molecule has 0 saturated carbocycles. The van der Waals surface area contributed by atoms with Gasteiger partial charge in [-0.2, -0.15) is 0 Å². The molecule has 19 heteroatoms. The molecule has 0 saturated heterocycles. The fourth-order valence-corrected chi connectivity index (χ4v) is 8.15. The van der Waals surface area contributed by atoms with Gasteiger partial charge in [-0.25, -0.2) is 0 Å². The Kier molecular flexibility index (Phi) is 19.9. The third-order valence-electron chi connectivity index (χ3n) is 11.7. The highest BCUT2D eigenvalue weighted by Crippen LogP contribution is 2.37. The number of aliphatic hydroxyl groups excluding tert-OH is 2. The predicted molar refractivity (Wildman–Crippen MR) is 272 cm³/mol. The van der Waals surface area contributed by atoms with Crippen LogP contribution in [0.1, 0.15) is 73.3 Å². The Balaban J connectivity index is 1.21. The molecular weight excluding hydrogens is 968 g/mol. The Bertz CT molecular complexity index is 2900. The molecule has 8 N–H and O–H groups in total. The number of aliphatic carboxylic acids is 2. The molecule has 0 aliphatic heterocycles. The van der Waals surface area contributed by atoms with Crippen LogP contribution in [0.5, 0.6) is 23.0 Å². The molecule has 2 heterocycles. The van der Waals surface area contributed by atoms with Crippen molar-refractivity contribution in [2.24, 2.45) is 10.7 Å². The van der Waals surface area contributed by atoms with E-state index in [9.17, 15) is 34.8 Å². The van der Waals surface area contributed by atoms with E-state index in [1.54, 1.807) is 56.0 Å². The van der Waals surface area contributed by atoms with Gasteiger partial charge in [-0.1, -0.05) is 59.6 Å². The Labute approximate surface area is 426 Å². The van der Waals surface area contributed by atoms with Crippen molar-refractivity contribution >= 4 is 47.3 Å². The van der Waals surface area contributed by atoms with Crippen molar-refractivity contribution < 1.29 is 53.8 Å². The number of benzene rings is 4. The summed E-state index contributed by atoms with van der Waals surface area (Å²) in [6, 6.07) is 19.9. The van der Waals surface area contributed by atoms with Crippen molar-refractivity contribution in [2.75, 3.05) is 20.3 Å². The van der Waals surface area contributed by atoms with Gasteiger partial charge in [-0.3, -0.25) is 29.3 Å². The molecule has 6 aromatic rings. The maximum Gasteiger partial charge on any atom is 0.320 e. The molecule has 2 aromatic heterocycles. The topological polar surface area (TPSA) is 257 Å². The van der Waals surface area contributed by atoms with Gasteiger partial charge in [0.25, 0.3) is 0 Å². The number of rotatable bonds is 27. The van der Waals surface area contributed by atoms with Crippen molar-refractivity contribution in [1.29, 1.82) is 0 Å². The number of aromatic nitrogens is 2. The second-order valence-electron chi connectivity index (χ2n) is 16.6. The number of ether oxygens (including phenoxy) is 4. The number of primary amides is 1. The van der Waals surface area contributed by atoms with E-state index in [0.717, 1.165) is 44.5 Å². The second kappa shape index (κ2) is 26.4. The summed E-state index contributed by atoms with van der Waals surface area (Å²) in [4.78, 5) is 47.9.